The summed E-state index contributed by atoms with van der Waals surface area (Å²) in [6.07, 6.45) is 5.11. The highest BCUT2D eigenvalue weighted by Crippen LogP contribution is 2.48. The number of fused-ring (bicyclic) bond motifs is 1. The summed E-state index contributed by atoms with van der Waals surface area (Å²) < 4.78 is 0. The Balaban J connectivity index is 1.80. The van der Waals surface area contributed by atoms with Gasteiger partial charge < -0.3 is 11.1 Å². The third kappa shape index (κ3) is 2.16. The van der Waals surface area contributed by atoms with Crippen LogP contribution in [0.5, 0.6) is 0 Å². The molecule has 0 radical (unpaired) electrons. The summed E-state index contributed by atoms with van der Waals surface area (Å²) in [5.74, 6) is -0.0970. The summed E-state index contributed by atoms with van der Waals surface area (Å²) in [5, 5.41) is 11.6. The van der Waals surface area contributed by atoms with Crippen LogP contribution in [-0.2, 0) is 0 Å². The van der Waals surface area contributed by atoms with E-state index in [2.05, 4.69) is 22.4 Å². The molecule has 0 atom stereocenters. The summed E-state index contributed by atoms with van der Waals surface area (Å²) in [6, 6.07) is 1.79. The number of nitrogens with one attached hydrogen (secondary N) is 1. The molecule has 3 N–H and O–H groups in total. The van der Waals surface area contributed by atoms with Gasteiger partial charge in [0, 0.05) is 11.9 Å². The Morgan fingerprint density at radius 3 is 3.00 bits per heavy atom. The van der Waals surface area contributed by atoms with Crippen molar-refractivity contribution in [3.8, 4) is 0 Å². The fourth-order valence-electron chi connectivity index (χ4n) is 2.22. The van der Waals surface area contributed by atoms with Crippen LogP contribution in [0.25, 0.3) is 10.2 Å². The Hall–Kier alpha value is -1.69. The summed E-state index contributed by atoms with van der Waals surface area (Å²) in [7, 11) is 0. The normalized spacial score (nSPS) is 16.5. The van der Waals surface area contributed by atoms with E-state index >= 15 is 0 Å². The zero-order valence-corrected chi connectivity index (χ0v) is 11.6. The topological polar surface area (TPSA) is 80.9 Å². The molecule has 3 rings (SSSR count). The number of rotatable bonds is 4. The first-order chi connectivity index (χ1) is 9.15. The van der Waals surface area contributed by atoms with Gasteiger partial charge in [0.1, 0.15) is 9.71 Å². The molecule has 2 aromatic rings. The van der Waals surface area contributed by atoms with E-state index in [0.717, 1.165) is 18.4 Å². The van der Waals surface area contributed by atoms with Gasteiger partial charge in [-0.3, -0.25) is 4.79 Å². The third-order valence-electron chi connectivity index (χ3n) is 3.96. The van der Waals surface area contributed by atoms with Gasteiger partial charge in [0.25, 0.3) is 5.91 Å². The number of thiophene rings is 1. The van der Waals surface area contributed by atoms with E-state index in [-0.39, 0.29) is 5.91 Å². The number of aromatic nitrogens is 2. The van der Waals surface area contributed by atoms with Gasteiger partial charge in [0.15, 0.2) is 0 Å². The molecular formula is C13H16N4OS. The van der Waals surface area contributed by atoms with Gasteiger partial charge in [-0.1, -0.05) is 6.92 Å². The van der Waals surface area contributed by atoms with Crippen LogP contribution in [0.2, 0.25) is 0 Å². The molecule has 0 aliphatic heterocycles. The molecule has 1 aliphatic rings. The van der Waals surface area contributed by atoms with Crippen molar-refractivity contribution in [3.05, 3.63) is 17.1 Å². The summed E-state index contributed by atoms with van der Waals surface area (Å²) in [6.45, 7) is 2.91. The molecule has 0 spiro atoms. The number of nitrogens with two attached hydrogens (primary N) is 1. The Morgan fingerprint density at radius 2 is 2.37 bits per heavy atom. The standard InChI is InChI=1S/C13H16N4OS/c1-2-13(4-5-13)7-15-11(18)10-9(14)8-3-6-16-17-12(8)19-10/h3,6H,2,4-5,7,14H2,1H3,(H,15,18). The second-order valence-corrected chi connectivity index (χ2v) is 6.13. The Morgan fingerprint density at radius 1 is 1.58 bits per heavy atom. The van der Waals surface area contributed by atoms with E-state index in [0.29, 0.717) is 20.8 Å². The number of nitrogens with zero attached hydrogens (tertiary/aromatic N) is 2. The van der Waals surface area contributed by atoms with Crippen LogP contribution in [-0.4, -0.2) is 22.6 Å². The van der Waals surface area contributed by atoms with Gasteiger partial charge in [-0.25, -0.2) is 0 Å². The van der Waals surface area contributed by atoms with Crippen LogP contribution >= 0.6 is 11.3 Å². The van der Waals surface area contributed by atoms with E-state index in [1.165, 1.54) is 24.2 Å². The highest BCUT2D eigenvalue weighted by atomic mass is 32.1. The summed E-state index contributed by atoms with van der Waals surface area (Å²) in [5.41, 5.74) is 6.85. The predicted molar refractivity (Wildman–Crippen MR) is 76.1 cm³/mol. The SMILES string of the molecule is CCC1(CNC(=O)c2sc3nnccc3c2N)CC1. The molecule has 5 nitrogen and oxygen atoms in total. The smallest absolute Gasteiger partial charge is 0.263 e. The largest absolute Gasteiger partial charge is 0.397 e. The molecule has 0 aromatic carbocycles. The number of nitrogen functional groups attached to an aromatic ring is 1. The van der Waals surface area contributed by atoms with Crippen LogP contribution in [0.4, 0.5) is 5.69 Å². The van der Waals surface area contributed by atoms with Crippen LogP contribution in [0, 0.1) is 5.41 Å². The van der Waals surface area contributed by atoms with Gasteiger partial charge in [0.05, 0.1) is 11.9 Å². The van der Waals surface area contributed by atoms with E-state index in [4.69, 9.17) is 5.73 Å². The fourth-order valence-corrected chi connectivity index (χ4v) is 3.18. The Labute approximate surface area is 115 Å². The van der Waals surface area contributed by atoms with Gasteiger partial charge in [-0.05, 0) is 30.7 Å². The van der Waals surface area contributed by atoms with Crippen molar-refractivity contribution in [1.82, 2.24) is 15.5 Å². The molecular weight excluding hydrogens is 260 g/mol. The van der Waals surface area contributed by atoms with Crippen LogP contribution in [0.15, 0.2) is 12.3 Å². The van der Waals surface area contributed by atoms with E-state index in [1.807, 2.05) is 0 Å². The highest BCUT2D eigenvalue weighted by Gasteiger charge is 2.40. The maximum atomic E-state index is 12.2. The lowest BCUT2D eigenvalue weighted by atomic mass is 10.0. The van der Waals surface area contributed by atoms with E-state index in [1.54, 1.807) is 12.3 Å². The molecule has 1 saturated carbocycles. The molecule has 0 saturated heterocycles. The number of hydrogen-bond donors (Lipinski definition) is 2. The Bertz CT molecular complexity index is 633. The predicted octanol–water partition coefficient (Wildman–Crippen LogP) is 2.19. The minimum Gasteiger partial charge on any atom is -0.397 e. The molecule has 0 unspecified atom stereocenters. The average molecular weight is 276 g/mol. The first-order valence-electron chi connectivity index (χ1n) is 6.43. The average Bonchev–Trinajstić information content (AvgIpc) is 3.15. The minimum atomic E-state index is -0.0970. The van der Waals surface area contributed by atoms with Crippen molar-refractivity contribution >= 4 is 33.1 Å². The first-order valence-corrected chi connectivity index (χ1v) is 7.25. The van der Waals surface area contributed by atoms with Crippen LogP contribution < -0.4 is 11.1 Å². The number of carbonyl (C=O) groups excluding carboxylic acids is 1. The lowest BCUT2D eigenvalue weighted by Crippen LogP contribution is -2.29. The molecule has 2 heterocycles. The lowest BCUT2D eigenvalue weighted by molar-refractivity contribution is 0.0949. The fraction of sp³-hybridized carbons (Fsp3) is 0.462. The second kappa shape index (κ2) is 4.45. The molecule has 1 aliphatic carbocycles. The molecule has 1 amide bonds. The van der Waals surface area contributed by atoms with Crippen molar-refractivity contribution in [2.45, 2.75) is 26.2 Å². The first kappa shape index (κ1) is 12.3. The van der Waals surface area contributed by atoms with Crippen molar-refractivity contribution < 1.29 is 4.79 Å². The van der Waals surface area contributed by atoms with Gasteiger partial charge >= 0.3 is 0 Å². The summed E-state index contributed by atoms with van der Waals surface area (Å²) in [4.78, 5) is 13.5. The molecule has 2 aromatic heterocycles. The monoisotopic (exact) mass is 276 g/mol. The highest BCUT2D eigenvalue weighted by molar-refractivity contribution is 7.21. The Kier molecular flexibility index (Phi) is 2.89. The summed E-state index contributed by atoms with van der Waals surface area (Å²) >= 11 is 1.30. The second-order valence-electron chi connectivity index (χ2n) is 5.13. The maximum Gasteiger partial charge on any atom is 0.263 e. The number of carbonyl (C=O) groups is 1. The van der Waals surface area contributed by atoms with Gasteiger partial charge in [-0.2, -0.15) is 5.10 Å². The van der Waals surface area contributed by atoms with E-state index < -0.39 is 0 Å². The van der Waals surface area contributed by atoms with Gasteiger partial charge in [0.2, 0.25) is 0 Å². The zero-order valence-electron chi connectivity index (χ0n) is 10.8. The number of amides is 1. The molecule has 1 fully saturated rings. The van der Waals surface area contributed by atoms with Crippen LogP contribution in [0.1, 0.15) is 35.9 Å². The maximum absolute atomic E-state index is 12.2. The zero-order chi connectivity index (χ0) is 13.5. The van der Waals surface area contributed by atoms with E-state index in [9.17, 15) is 4.79 Å². The van der Waals surface area contributed by atoms with Crippen molar-refractivity contribution in [2.75, 3.05) is 12.3 Å². The van der Waals surface area contributed by atoms with Crippen molar-refractivity contribution in [3.63, 3.8) is 0 Å². The molecule has 100 valence electrons. The number of anilines is 1. The minimum absolute atomic E-state index is 0.0970. The van der Waals surface area contributed by atoms with Gasteiger partial charge in [-0.15, -0.1) is 16.4 Å². The number of hydrogen-bond acceptors (Lipinski definition) is 5. The molecule has 19 heavy (non-hydrogen) atoms. The lowest BCUT2D eigenvalue weighted by Gasteiger charge is -2.12. The van der Waals surface area contributed by atoms with Crippen LogP contribution in [0.3, 0.4) is 0 Å². The molecule has 0 bridgehead atoms. The van der Waals surface area contributed by atoms with Crippen molar-refractivity contribution in [2.24, 2.45) is 5.41 Å². The molecule has 6 heteroatoms. The van der Waals surface area contributed by atoms with Crippen molar-refractivity contribution in [1.29, 1.82) is 0 Å². The quantitative estimate of drug-likeness (QED) is 0.897. The third-order valence-corrected chi connectivity index (χ3v) is 5.06.